The van der Waals surface area contributed by atoms with E-state index in [1.165, 1.54) is 10.5 Å². The lowest BCUT2D eigenvalue weighted by atomic mass is 9.85. The normalized spacial score (nSPS) is 30.0. The van der Waals surface area contributed by atoms with E-state index in [0.29, 0.717) is 18.9 Å². The summed E-state index contributed by atoms with van der Waals surface area (Å²) in [4.78, 5) is 1.31. The van der Waals surface area contributed by atoms with E-state index in [9.17, 15) is 13.2 Å². The zero-order chi connectivity index (χ0) is 14.9. The summed E-state index contributed by atoms with van der Waals surface area (Å²) in [5.41, 5.74) is 1.31. The first-order chi connectivity index (χ1) is 10.0. The van der Waals surface area contributed by atoms with Crippen LogP contribution in [-0.2, 0) is 0 Å². The Kier molecular flexibility index (Phi) is 4.50. The van der Waals surface area contributed by atoms with Crippen molar-refractivity contribution in [2.45, 2.75) is 55.3 Å². The number of thioether (sulfide) groups is 1. The maximum absolute atomic E-state index is 12.7. The Bertz CT molecular complexity index is 481. The lowest BCUT2D eigenvalue weighted by Gasteiger charge is -2.35. The van der Waals surface area contributed by atoms with Crippen LogP contribution in [0.5, 0.6) is 0 Å². The van der Waals surface area contributed by atoms with Crippen LogP contribution in [0.15, 0.2) is 29.2 Å². The van der Waals surface area contributed by atoms with Crippen LogP contribution in [0.4, 0.5) is 13.2 Å². The van der Waals surface area contributed by atoms with E-state index >= 15 is 0 Å². The monoisotopic (exact) mass is 315 g/mol. The molecule has 1 aromatic rings. The van der Waals surface area contributed by atoms with Gasteiger partial charge in [-0.25, -0.2) is 0 Å². The molecule has 1 unspecified atom stereocenters. The first-order valence-electron chi connectivity index (χ1n) is 7.58. The van der Waals surface area contributed by atoms with Gasteiger partial charge in [0.25, 0.3) is 0 Å². The van der Waals surface area contributed by atoms with Crippen LogP contribution >= 0.6 is 11.8 Å². The van der Waals surface area contributed by atoms with Gasteiger partial charge in [-0.15, -0.1) is 11.8 Å². The van der Waals surface area contributed by atoms with Crippen LogP contribution in [0.1, 0.15) is 43.7 Å². The molecule has 0 bridgehead atoms. The third-order valence-corrected chi connectivity index (χ3v) is 5.71. The number of fused-ring (bicyclic) bond motifs is 1. The maximum atomic E-state index is 12.7. The fourth-order valence-electron chi connectivity index (χ4n) is 3.39. The molecule has 3 rings (SSSR count). The standard InChI is InChI=1S/C16H20F3NS/c17-16(18,19)11-5-7-12(8-6-11)20-14-9-10-21-15-4-2-1-3-13(14)15/h1-4,11-12,14,20H,5-10H2. The zero-order valence-corrected chi connectivity index (χ0v) is 12.6. The molecule has 0 spiro atoms. The Morgan fingerprint density at radius 3 is 2.43 bits per heavy atom. The van der Waals surface area contributed by atoms with Crippen LogP contribution < -0.4 is 5.32 Å². The second kappa shape index (κ2) is 6.21. The molecular weight excluding hydrogens is 295 g/mol. The Hall–Kier alpha value is -0.680. The topological polar surface area (TPSA) is 12.0 Å². The van der Waals surface area contributed by atoms with Crippen LogP contribution in [0.2, 0.25) is 0 Å². The van der Waals surface area contributed by atoms with Gasteiger partial charge in [0, 0.05) is 17.0 Å². The van der Waals surface area contributed by atoms with Gasteiger partial charge in [-0.2, -0.15) is 13.2 Å². The molecule has 1 N–H and O–H groups in total. The average molecular weight is 315 g/mol. The molecule has 0 saturated heterocycles. The van der Waals surface area contributed by atoms with Crippen molar-refractivity contribution < 1.29 is 13.2 Å². The van der Waals surface area contributed by atoms with E-state index in [1.54, 1.807) is 0 Å². The molecule has 0 amide bonds. The number of hydrogen-bond donors (Lipinski definition) is 1. The van der Waals surface area contributed by atoms with Gasteiger partial charge in [-0.3, -0.25) is 0 Å². The van der Waals surface area contributed by atoms with Crippen molar-refractivity contribution in [1.82, 2.24) is 5.32 Å². The minimum Gasteiger partial charge on any atom is -0.307 e. The van der Waals surface area contributed by atoms with E-state index in [2.05, 4.69) is 17.4 Å². The van der Waals surface area contributed by atoms with Gasteiger partial charge in [-0.1, -0.05) is 18.2 Å². The summed E-state index contributed by atoms with van der Waals surface area (Å²) in [6.45, 7) is 0. The van der Waals surface area contributed by atoms with Gasteiger partial charge in [-0.05, 0) is 49.5 Å². The molecule has 116 valence electrons. The van der Waals surface area contributed by atoms with Crippen molar-refractivity contribution >= 4 is 11.8 Å². The summed E-state index contributed by atoms with van der Waals surface area (Å²) in [5, 5.41) is 3.61. The highest BCUT2D eigenvalue weighted by atomic mass is 32.2. The van der Waals surface area contributed by atoms with Crippen molar-refractivity contribution in [2.75, 3.05) is 5.75 Å². The van der Waals surface area contributed by atoms with Crippen molar-refractivity contribution in [3.8, 4) is 0 Å². The number of halogens is 3. The van der Waals surface area contributed by atoms with E-state index in [-0.39, 0.29) is 18.9 Å². The molecule has 1 fully saturated rings. The lowest BCUT2D eigenvalue weighted by Crippen LogP contribution is -2.39. The molecule has 0 aromatic heterocycles. The predicted molar refractivity (Wildman–Crippen MR) is 79.5 cm³/mol. The SMILES string of the molecule is FC(F)(F)C1CCC(NC2CCSc3ccccc32)CC1. The van der Waals surface area contributed by atoms with Gasteiger partial charge in [0.2, 0.25) is 0 Å². The summed E-state index contributed by atoms with van der Waals surface area (Å²) < 4.78 is 38.1. The number of hydrogen-bond acceptors (Lipinski definition) is 2. The molecule has 2 aliphatic rings. The van der Waals surface area contributed by atoms with Crippen LogP contribution in [0.3, 0.4) is 0 Å². The molecule has 5 heteroatoms. The molecule has 1 aliphatic carbocycles. The van der Waals surface area contributed by atoms with E-state index in [1.807, 2.05) is 23.9 Å². The van der Waals surface area contributed by atoms with Crippen molar-refractivity contribution in [2.24, 2.45) is 5.92 Å². The maximum Gasteiger partial charge on any atom is 0.391 e. The first-order valence-corrected chi connectivity index (χ1v) is 8.57. The van der Waals surface area contributed by atoms with Gasteiger partial charge in [0.1, 0.15) is 0 Å². The smallest absolute Gasteiger partial charge is 0.307 e. The largest absolute Gasteiger partial charge is 0.391 e. The van der Waals surface area contributed by atoms with Crippen LogP contribution in [0.25, 0.3) is 0 Å². The number of nitrogens with one attached hydrogen (secondary N) is 1. The Morgan fingerprint density at radius 2 is 1.71 bits per heavy atom. The van der Waals surface area contributed by atoms with Crippen molar-refractivity contribution in [3.05, 3.63) is 29.8 Å². The van der Waals surface area contributed by atoms with Gasteiger partial charge in [0.05, 0.1) is 5.92 Å². The van der Waals surface area contributed by atoms with Crippen molar-refractivity contribution in [1.29, 1.82) is 0 Å². The molecular formula is C16H20F3NS. The molecule has 1 aromatic carbocycles. The van der Waals surface area contributed by atoms with E-state index in [0.717, 1.165) is 12.2 Å². The average Bonchev–Trinajstić information content (AvgIpc) is 2.47. The van der Waals surface area contributed by atoms with Gasteiger partial charge < -0.3 is 5.32 Å². The number of alkyl halides is 3. The van der Waals surface area contributed by atoms with Crippen molar-refractivity contribution in [3.63, 3.8) is 0 Å². The summed E-state index contributed by atoms with van der Waals surface area (Å²) in [6.07, 6.45) is -1.15. The van der Waals surface area contributed by atoms with Crippen LogP contribution in [0, 0.1) is 5.92 Å². The minimum atomic E-state index is -4.01. The molecule has 1 aliphatic heterocycles. The summed E-state index contributed by atoms with van der Waals surface area (Å²) in [6, 6.07) is 8.89. The van der Waals surface area contributed by atoms with Gasteiger partial charge >= 0.3 is 6.18 Å². The highest BCUT2D eigenvalue weighted by Gasteiger charge is 2.41. The summed E-state index contributed by atoms with van der Waals surface area (Å²) in [7, 11) is 0. The second-order valence-electron chi connectivity index (χ2n) is 5.98. The zero-order valence-electron chi connectivity index (χ0n) is 11.8. The molecule has 1 heterocycles. The summed E-state index contributed by atoms with van der Waals surface area (Å²) in [5.74, 6) is -0.0169. The summed E-state index contributed by atoms with van der Waals surface area (Å²) >= 11 is 1.87. The number of benzene rings is 1. The third-order valence-electron chi connectivity index (χ3n) is 4.59. The van der Waals surface area contributed by atoms with E-state index in [4.69, 9.17) is 0 Å². The third kappa shape index (κ3) is 3.57. The Morgan fingerprint density at radius 1 is 1.00 bits per heavy atom. The predicted octanol–water partition coefficient (Wildman–Crippen LogP) is 4.93. The quantitative estimate of drug-likeness (QED) is 0.830. The Labute approximate surface area is 127 Å². The Balaban J connectivity index is 1.59. The lowest BCUT2D eigenvalue weighted by molar-refractivity contribution is -0.182. The fraction of sp³-hybridized carbons (Fsp3) is 0.625. The molecule has 1 nitrogen and oxygen atoms in total. The fourth-order valence-corrected chi connectivity index (χ4v) is 4.51. The molecule has 0 radical (unpaired) electrons. The highest BCUT2D eigenvalue weighted by molar-refractivity contribution is 7.99. The molecule has 1 atom stereocenters. The second-order valence-corrected chi connectivity index (χ2v) is 7.12. The highest BCUT2D eigenvalue weighted by Crippen LogP contribution is 2.40. The van der Waals surface area contributed by atoms with Crippen LogP contribution in [-0.4, -0.2) is 18.0 Å². The first kappa shape index (κ1) is 15.2. The molecule has 1 saturated carbocycles. The molecule has 21 heavy (non-hydrogen) atoms. The van der Waals surface area contributed by atoms with E-state index < -0.39 is 12.1 Å². The number of rotatable bonds is 2. The minimum absolute atomic E-state index is 0.227. The van der Waals surface area contributed by atoms with Gasteiger partial charge in [0.15, 0.2) is 0 Å².